The van der Waals surface area contributed by atoms with Crippen molar-refractivity contribution >= 4 is 32.3 Å². The summed E-state index contributed by atoms with van der Waals surface area (Å²) in [5.41, 5.74) is 4.27. The Balaban J connectivity index is 1.60. The molecule has 2 N–H and O–H groups in total. The minimum Gasteiger partial charge on any atom is -0.493 e. The summed E-state index contributed by atoms with van der Waals surface area (Å²) in [6.45, 7) is 11.7. The number of unbranched alkanes of at least 4 members (excludes halogenated alkanes) is 12. The Morgan fingerprint density at radius 3 is 1.34 bits per heavy atom. The van der Waals surface area contributed by atoms with Crippen LogP contribution in [0.5, 0.6) is 23.0 Å². The average molecular weight is 759 g/mol. The van der Waals surface area contributed by atoms with Crippen LogP contribution in [-0.4, -0.2) is 36.4 Å². The lowest BCUT2D eigenvalue weighted by molar-refractivity contribution is 0.259. The molecular weight excluding hydrogens is 693 g/mol. The van der Waals surface area contributed by atoms with E-state index in [4.69, 9.17) is 18.9 Å². The van der Waals surface area contributed by atoms with Crippen LogP contribution < -0.4 is 18.9 Å². The van der Waals surface area contributed by atoms with Crippen LogP contribution in [0.25, 0.3) is 54.8 Å². The molecule has 6 heteroatoms. The van der Waals surface area contributed by atoms with E-state index in [1.54, 1.807) is 0 Å². The summed E-state index contributed by atoms with van der Waals surface area (Å²) >= 11 is 0. The lowest BCUT2D eigenvalue weighted by Gasteiger charge is -2.21. The summed E-state index contributed by atoms with van der Waals surface area (Å²) in [4.78, 5) is 6.95. The predicted octanol–water partition coefficient (Wildman–Crippen LogP) is 15.0. The molecule has 6 aromatic rings. The Morgan fingerprint density at radius 2 is 0.821 bits per heavy atom. The van der Waals surface area contributed by atoms with Gasteiger partial charge in [-0.25, -0.2) is 0 Å². The quantitative estimate of drug-likeness (QED) is 0.0427. The molecule has 6 rings (SSSR count). The van der Waals surface area contributed by atoms with Crippen LogP contribution in [-0.2, 0) is 0 Å². The van der Waals surface area contributed by atoms with E-state index in [1.807, 2.05) is 12.4 Å². The van der Waals surface area contributed by atoms with Gasteiger partial charge in [0.05, 0.1) is 26.4 Å². The van der Waals surface area contributed by atoms with Gasteiger partial charge in [0, 0.05) is 40.3 Å². The van der Waals surface area contributed by atoms with Gasteiger partial charge in [-0.15, -0.1) is 0 Å². The maximum absolute atomic E-state index is 6.85. The maximum atomic E-state index is 6.85. The highest BCUT2D eigenvalue weighted by Crippen LogP contribution is 2.48. The highest BCUT2D eigenvalue weighted by Gasteiger charge is 2.21. The third-order valence-electron chi connectivity index (χ3n) is 11.0. The molecule has 0 saturated heterocycles. The first-order chi connectivity index (χ1) is 27.7. The number of aromatic nitrogens is 2. The molecule has 6 nitrogen and oxygen atoms in total. The summed E-state index contributed by atoms with van der Waals surface area (Å²) in [6.07, 6.45) is 22.4. The number of ether oxygens (including phenoxy) is 4. The number of hydrogen-bond donors (Lipinski definition) is 2. The fourth-order valence-electron chi connectivity index (χ4n) is 7.80. The molecule has 0 unspecified atom stereocenters. The first-order valence-electron chi connectivity index (χ1n) is 22.0. The standard InChI is InChI=1S/C50H66N2O4/c1-5-9-13-17-27-53-46-34-39-38(33-43(46)45-24-22-26-52-45)41-31-37(44-23-21-25-51-44)32-49(56-30-20-16-12-8-4)50(41)42-36-48(55-29-19-15-11-7-3)47(35-40(39)42)54-28-18-14-10-6-2/h21-26,31-36,51-52H,5-20,27-30H2,1-4H3. The fraction of sp³-hybridized carbons (Fsp3) is 0.480. The zero-order chi connectivity index (χ0) is 39.0. The molecule has 0 fully saturated rings. The van der Waals surface area contributed by atoms with E-state index < -0.39 is 0 Å². The maximum Gasteiger partial charge on any atom is 0.161 e. The van der Waals surface area contributed by atoms with Crippen molar-refractivity contribution in [2.24, 2.45) is 0 Å². The van der Waals surface area contributed by atoms with Crippen molar-refractivity contribution in [1.82, 2.24) is 9.97 Å². The highest BCUT2D eigenvalue weighted by atomic mass is 16.5. The zero-order valence-corrected chi connectivity index (χ0v) is 34.7. The van der Waals surface area contributed by atoms with Crippen LogP contribution in [0.2, 0.25) is 0 Å². The number of aromatic amines is 2. The van der Waals surface area contributed by atoms with Crippen LogP contribution in [0.15, 0.2) is 73.1 Å². The Kier molecular flexibility index (Phi) is 15.9. The molecular formula is C50H66N2O4. The number of benzene rings is 4. The first-order valence-corrected chi connectivity index (χ1v) is 22.0. The molecule has 2 aromatic heterocycles. The van der Waals surface area contributed by atoms with Crippen molar-refractivity contribution in [3.8, 4) is 45.5 Å². The Hall–Kier alpha value is -4.58. The van der Waals surface area contributed by atoms with Crippen molar-refractivity contribution < 1.29 is 18.9 Å². The van der Waals surface area contributed by atoms with Gasteiger partial charge in [-0.2, -0.15) is 0 Å². The second-order valence-electron chi connectivity index (χ2n) is 15.4. The van der Waals surface area contributed by atoms with Crippen LogP contribution in [0.3, 0.4) is 0 Å². The van der Waals surface area contributed by atoms with Gasteiger partial charge in [0.1, 0.15) is 11.5 Å². The summed E-state index contributed by atoms with van der Waals surface area (Å²) in [7, 11) is 0. The van der Waals surface area contributed by atoms with E-state index in [-0.39, 0.29) is 0 Å². The SMILES string of the molecule is CCCCCCOc1cc2c3cc(OCCCCCC)c(-c4ccc[nH]4)cc3c3cc(-c4ccc[nH]4)cc(OCCCCCC)c3c2cc1OCCCCCC. The number of fused-ring (bicyclic) bond motifs is 6. The Morgan fingerprint density at radius 1 is 0.393 bits per heavy atom. The highest BCUT2D eigenvalue weighted by molar-refractivity contribution is 6.28. The molecule has 300 valence electrons. The zero-order valence-electron chi connectivity index (χ0n) is 34.7. The van der Waals surface area contributed by atoms with Gasteiger partial charge in [-0.05, 0) is 113 Å². The van der Waals surface area contributed by atoms with Gasteiger partial charge >= 0.3 is 0 Å². The van der Waals surface area contributed by atoms with Gasteiger partial charge in [0.2, 0.25) is 0 Å². The van der Waals surface area contributed by atoms with Crippen LogP contribution in [0, 0.1) is 0 Å². The van der Waals surface area contributed by atoms with Crippen molar-refractivity contribution in [3.63, 3.8) is 0 Å². The van der Waals surface area contributed by atoms with E-state index in [1.165, 1.54) is 57.8 Å². The largest absolute Gasteiger partial charge is 0.493 e. The third kappa shape index (κ3) is 10.4. The molecule has 0 saturated carbocycles. The average Bonchev–Trinajstić information content (AvgIpc) is 3.97. The van der Waals surface area contributed by atoms with Gasteiger partial charge in [0.15, 0.2) is 11.5 Å². The Bertz CT molecular complexity index is 2070. The molecule has 0 aliphatic heterocycles. The predicted molar refractivity (Wildman–Crippen MR) is 237 cm³/mol. The molecule has 0 bridgehead atoms. The van der Waals surface area contributed by atoms with Crippen molar-refractivity contribution in [3.05, 3.63) is 73.1 Å². The van der Waals surface area contributed by atoms with E-state index in [0.29, 0.717) is 26.4 Å². The normalized spacial score (nSPS) is 11.6. The topological polar surface area (TPSA) is 68.5 Å². The molecule has 0 atom stereocenters. The smallest absolute Gasteiger partial charge is 0.161 e. The monoisotopic (exact) mass is 759 g/mol. The van der Waals surface area contributed by atoms with Gasteiger partial charge in [0.25, 0.3) is 0 Å². The summed E-state index contributed by atoms with van der Waals surface area (Å²) < 4.78 is 26.9. The number of hydrogen-bond acceptors (Lipinski definition) is 4. The van der Waals surface area contributed by atoms with Gasteiger partial charge in [-0.1, -0.05) is 105 Å². The molecule has 0 aliphatic carbocycles. The lowest BCUT2D eigenvalue weighted by atomic mass is 9.90. The molecule has 56 heavy (non-hydrogen) atoms. The molecule has 0 radical (unpaired) electrons. The summed E-state index contributed by atoms with van der Waals surface area (Å²) in [6, 6.07) is 22.0. The van der Waals surface area contributed by atoms with E-state index >= 15 is 0 Å². The molecule has 2 heterocycles. The number of H-pyrrole nitrogens is 2. The van der Waals surface area contributed by atoms with Crippen LogP contribution >= 0.6 is 0 Å². The van der Waals surface area contributed by atoms with Crippen molar-refractivity contribution in [1.29, 1.82) is 0 Å². The molecule has 0 aliphatic rings. The van der Waals surface area contributed by atoms with Crippen molar-refractivity contribution in [2.45, 2.75) is 130 Å². The molecule has 0 spiro atoms. The first kappa shape index (κ1) is 41.1. The second-order valence-corrected chi connectivity index (χ2v) is 15.4. The fourth-order valence-corrected chi connectivity index (χ4v) is 7.80. The minimum absolute atomic E-state index is 0.663. The van der Waals surface area contributed by atoms with Crippen molar-refractivity contribution in [2.75, 3.05) is 26.4 Å². The third-order valence-corrected chi connectivity index (χ3v) is 11.0. The summed E-state index contributed by atoms with van der Waals surface area (Å²) in [5, 5.41) is 6.77. The van der Waals surface area contributed by atoms with E-state index in [0.717, 1.165) is 123 Å². The van der Waals surface area contributed by atoms with E-state index in [9.17, 15) is 0 Å². The van der Waals surface area contributed by atoms with Gasteiger partial charge in [-0.3, -0.25) is 0 Å². The molecule has 0 amide bonds. The lowest BCUT2D eigenvalue weighted by Crippen LogP contribution is -2.04. The number of nitrogens with one attached hydrogen (secondary N) is 2. The summed E-state index contributed by atoms with van der Waals surface area (Å²) in [5.74, 6) is 3.41. The Labute approximate surface area is 335 Å². The second kappa shape index (κ2) is 21.6. The minimum atomic E-state index is 0.663. The molecule has 4 aromatic carbocycles. The van der Waals surface area contributed by atoms with E-state index in [2.05, 4.69) is 98.3 Å². The van der Waals surface area contributed by atoms with Crippen LogP contribution in [0.1, 0.15) is 130 Å². The van der Waals surface area contributed by atoms with Crippen LogP contribution in [0.4, 0.5) is 0 Å². The number of rotatable bonds is 26. The van der Waals surface area contributed by atoms with Gasteiger partial charge < -0.3 is 28.9 Å².